The molecule has 3 aromatic heterocycles. The number of thiophene rings is 2. The molecule has 0 aliphatic carbocycles. The Kier molecular flexibility index (Phi) is 5.14. The second-order valence-electron chi connectivity index (χ2n) is 12.2. The van der Waals surface area contributed by atoms with Gasteiger partial charge in [0.25, 0.3) is 0 Å². The molecule has 47 heavy (non-hydrogen) atoms. The van der Waals surface area contributed by atoms with Gasteiger partial charge in [0.05, 0.1) is 27.3 Å². The molecule has 218 valence electrons. The molecule has 0 spiro atoms. The molecule has 0 amide bonds. The summed E-state index contributed by atoms with van der Waals surface area (Å²) in [6.07, 6.45) is 0. The van der Waals surface area contributed by atoms with Crippen LogP contribution in [0, 0.1) is 0 Å². The third kappa shape index (κ3) is 3.61. The van der Waals surface area contributed by atoms with Crippen molar-refractivity contribution in [3.63, 3.8) is 0 Å². The van der Waals surface area contributed by atoms with Gasteiger partial charge in [-0.25, -0.2) is 9.97 Å². The van der Waals surface area contributed by atoms with Crippen molar-refractivity contribution in [2.45, 2.75) is 0 Å². The number of rotatable bonds is 2. The van der Waals surface area contributed by atoms with E-state index in [0.29, 0.717) is 5.95 Å². The third-order valence-electron chi connectivity index (χ3n) is 9.58. The van der Waals surface area contributed by atoms with E-state index in [-0.39, 0.29) is 0 Å². The highest BCUT2D eigenvalue weighted by atomic mass is 32.1. The Balaban J connectivity index is 1.25. The number of nitrogens with zero attached hydrogens (tertiary/aromatic N) is 3. The predicted molar refractivity (Wildman–Crippen MR) is 202 cm³/mol. The number of hydrogen-bond acceptors (Lipinski definition) is 5. The summed E-state index contributed by atoms with van der Waals surface area (Å²) in [5, 5.41) is 8.61. The van der Waals surface area contributed by atoms with E-state index in [1.54, 1.807) is 11.3 Å². The molecule has 1 aliphatic rings. The molecular formula is C42H23N3S2. The van der Waals surface area contributed by atoms with Gasteiger partial charge in [-0.15, -0.1) is 22.7 Å². The molecule has 0 unspecified atom stereocenters. The number of hydrogen-bond donors (Lipinski definition) is 0. The van der Waals surface area contributed by atoms with Gasteiger partial charge in [0.15, 0.2) is 0 Å². The minimum atomic E-state index is 0.686. The number of benzene rings is 7. The van der Waals surface area contributed by atoms with E-state index in [2.05, 4.69) is 144 Å². The molecule has 0 saturated heterocycles. The van der Waals surface area contributed by atoms with Gasteiger partial charge in [-0.2, -0.15) is 0 Å². The lowest BCUT2D eigenvalue weighted by Crippen LogP contribution is -2.18. The molecule has 3 nitrogen and oxygen atoms in total. The fourth-order valence-electron chi connectivity index (χ4n) is 7.45. The van der Waals surface area contributed by atoms with Crippen LogP contribution in [0.2, 0.25) is 0 Å². The largest absolute Gasteiger partial charge is 0.278 e. The summed E-state index contributed by atoms with van der Waals surface area (Å²) in [7, 11) is 0. The zero-order valence-corrected chi connectivity index (χ0v) is 26.6. The Hall–Kier alpha value is -5.62. The van der Waals surface area contributed by atoms with Crippen molar-refractivity contribution in [3.05, 3.63) is 140 Å². The van der Waals surface area contributed by atoms with Gasteiger partial charge < -0.3 is 0 Å². The van der Waals surface area contributed by atoms with E-state index < -0.39 is 0 Å². The van der Waals surface area contributed by atoms with Crippen LogP contribution in [0.4, 0.5) is 17.3 Å². The SMILES string of the molecule is c1ccc2cc3c(cc2c1)-c1cccc2cccc(c12)N3c1nc(-c2ccc3c(c2)sc2ccccc23)c2sc3ccccc3c2n1. The maximum Gasteiger partial charge on any atom is 0.235 e. The molecule has 0 radical (unpaired) electrons. The van der Waals surface area contributed by atoms with Crippen molar-refractivity contribution in [2.24, 2.45) is 0 Å². The summed E-state index contributed by atoms with van der Waals surface area (Å²) in [5.74, 6) is 0.686. The van der Waals surface area contributed by atoms with Gasteiger partial charge in [-0.3, -0.25) is 4.90 Å². The van der Waals surface area contributed by atoms with Gasteiger partial charge >= 0.3 is 0 Å². The van der Waals surface area contributed by atoms with Gasteiger partial charge in [0, 0.05) is 46.8 Å². The molecule has 0 fully saturated rings. The van der Waals surface area contributed by atoms with E-state index >= 15 is 0 Å². The van der Waals surface area contributed by atoms with Crippen molar-refractivity contribution >= 4 is 102 Å². The highest BCUT2D eigenvalue weighted by Crippen LogP contribution is 2.52. The molecular weight excluding hydrogens is 611 g/mol. The fourth-order valence-corrected chi connectivity index (χ4v) is 9.75. The Morgan fingerprint density at radius 1 is 0.468 bits per heavy atom. The highest BCUT2D eigenvalue weighted by Gasteiger charge is 2.29. The average Bonchev–Trinajstić information content (AvgIpc) is 3.69. The van der Waals surface area contributed by atoms with Crippen LogP contribution in [0.3, 0.4) is 0 Å². The van der Waals surface area contributed by atoms with E-state index in [4.69, 9.17) is 9.97 Å². The topological polar surface area (TPSA) is 29.0 Å². The monoisotopic (exact) mass is 633 g/mol. The Morgan fingerprint density at radius 2 is 1.17 bits per heavy atom. The summed E-state index contributed by atoms with van der Waals surface area (Å²) < 4.78 is 4.91. The average molecular weight is 634 g/mol. The molecule has 0 N–H and O–H groups in total. The van der Waals surface area contributed by atoms with Crippen molar-refractivity contribution in [1.29, 1.82) is 0 Å². The minimum absolute atomic E-state index is 0.686. The molecule has 4 heterocycles. The summed E-state index contributed by atoms with van der Waals surface area (Å²) in [5.41, 5.74) is 7.71. The molecule has 7 aromatic carbocycles. The first-order valence-corrected chi connectivity index (χ1v) is 17.4. The minimum Gasteiger partial charge on any atom is -0.278 e. The van der Waals surface area contributed by atoms with Gasteiger partial charge in [0.2, 0.25) is 5.95 Å². The molecule has 0 saturated carbocycles. The maximum absolute atomic E-state index is 5.52. The smallest absolute Gasteiger partial charge is 0.235 e. The quantitative estimate of drug-likeness (QED) is 0.190. The summed E-state index contributed by atoms with van der Waals surface area (Å²) in [6, 6.07) is 50.5. The summed E-state index contributed by atoms with van der Waals surface area (Å²) in [6.45, 7) is 0. The fraction of sp³-hybridized carbons (Fsp3) is 0. The van der Waals surface area contributed by atoms with Crippen molar-refractivity contribution in [2.75, 3.05) is 4.90 Å². The Morgan fingerprint density at radius 3 is 2.04 bits per heavy atom. The lowest BCUT2D eigenvalue weighted by molar-refractivity contribution is 1.12. The second kappa shape index (κ2) is 9.46. The standard InChI is InChI=1S/C42H23N3S2/c1-2-10-26-22-34-32(21-25(26)9-1)30-15-7-11-24-12-8-16-33(38(24)30)45(34)42-43-39(41-40(44-42)31-14-4-6-18-36(31)47-41)27-19-20-29-28-13-3-5-17-35(28)46-37(29)23-27/h1-23H. The number of aromatic nitrogens is 2. The van der Waals surface area contributed by atoms with Crippen LogP contribution in [0.5, 0.6) is 0 Å². The summed E-state index contributed by atoms with van der Waals surface area (Å²) in [4.78, 5) is 13.3. The first-order chi connectivity index (χ1) is 23.3. The predicted octanol–water partition coefficient (Wildman–Crippen LogP) is 12.6. The molecule has 5 heteroatoms. The zero-order chi connectivity index (χ0) is 30.6. The van der Waals surface area contributed by atoms with Crippen molar-refractivity contribution < 1.29 is 0 Å². The second-order valence-corrected chi connectivity index (χ2v) is 14.3. The van der Waals surface area contributed by atoms with Crippen molar-refractivity contribution in [1.82, 2.24) is 9.97 Å². The van der Waals surface area contributed by atoms with Crippen LogP contribution in [0.25, 0.3) is 84.4 Å². The molecule has 11 rings (SSSR count). The molecule has 1 aliphatic heterocycles. The van der Waals surface area contributed by atoms with Crippen LogP contribution in [0.1, 0.15) is 0 Å². The highest BCUT2D eigenvalue weighted by molar-refractivity contribution is 7.26. The van der Waals surface area contributed by atoms with Crippen LogP contribution < -0.4 is 4.90 Å². The van der Waals surface area contributed by atoms with E-state index in [9.17, 15) is 0 Å². The van der Waals surface area contributed by atoms with Crippen molar-refractivity contribution in [3.8, 4) is 22.4 Å². The molecule has 0 bridgehead atoms. The number of anilines is 3. The Labute approximate surface area is 277 Å². The van der Waals surface area contributed by atoms with E-state index in [1.807, 2.05) is 11.3 Å². The van der Waals surface area contributed by atoms with Gasteiger partial charge in [0.1, 0.15) is 0 Å². The Bertz CT molecular complexity index is 2930. The van der Waals surface area contributed by atoms with E-state index in [0.717, 1.165) is 38.2 Å². The van der Waals surface area contributed by atoms with E-state index in [1.165, 1.54) is 57.5 Å². The first-order valence-electron chi connectivity index (χ1n) is 15.7. The van der Waals surface area contributed by atoms with Crippen LogP contribution in [-0.4, -0.2) is 9.97 Å². The lowest BCUT2D eigenvalue weighted by Gasteiger charge is -2.32. The zero-order valence-electron chi connectivity index (χ0n) is 24.9. The molecule has 0 atom stereocenters. The normalized spacial score (nSPS) is 12.6. The third-order valence-corrected chi connectivity index (χ3v) is 11.9. The van der Waals surface area contributed by atoms with Crippen LogP contribution in [0.15, 0.2) is 140 Å². The van der Waals surface area contributed by atoms with Gasteiger partial charge in [-0.05, 0) is 58.1 Å². The maximum atomic E-state index is 5.52. The molecule has 10 aromatic rings. The van der Waals surface area contributed by atoms with Gasteiger partial charge in [-0.1, -0.05) is 103 Å². The van der Waals surface area contributed by atoms with Crippen LogP contribution in [-0.2, 0) is 0 Å². The first kappa shape index (κ1) is 25.6. The lowest BCUT2D eigenvalue weighted by atomic mass is 9.90. The summed E-state index contributed by atoms with van der Waals surface area (Å²) >= 11 is 3.62. The number of fused-ring (bicyclic) bond motifs is 9. The van der Waals surface area contributed by atoms with Crippen LogP contribution >= 0.6 is 22.7 Å².